The Bertz CT molecular complexity index is 1300. The summed E-state index contributed by atoms with van der Waals surface area (Å²) in [5, 5.41) is 11.7. The highest BCUT2D eigenvalue weighted by Gasteiger charge is 2.32. The molecule has 0 aliphatic heterocycles. The number of nitro benzene ring substituents is 1. The summed E-state index contributed by atoms with van der Waals surface area (Å²) in [5.41, 5.74) is 4.56. The Morgan fingerprint density at radius 1 is 0.900 bits per heavy atom. The number of nitrogens with zero attached hydrogens (tertiary/aromatic N) is 2. The van der Waals surface area contributed by atoms with Crippen molar-refractivity contribution in [1.82, 2.24) is 4.57 Å². The fourth-order valence-corrected chi connectivity index (χ4v) is 4.16. The van der Waals surface area contributed by atoms with E-state index in [2.05, 4.69) is 16.7 Å². The Balaban J connectivity index is 1.80. The van der Waals surface area contributed by atoms with Crippen LogP contribution in [0.1, 0.15) is 30.0 Å². The number of non-ortho nitro benzene ring substituents is 1. The third-order valence-corrected chi connectivity index (χ3v) is 5.73. The van der Waals surface area contributed by atoms with Gasteiger partial charge in [0.1, 0.15) is 0 Å². The van der Waals surface area contributed by atoms with Gasteiger partial charge in [0.15, 0.2) is 5.43 Å². The Labute approximate surface area is 173 Å². The van der Waals surface area contributed by atoms with Crippen LogP contribution in [-0.2, 0) is 6.54 Å². The zero-order valence-corrected chi connectivity index (χ0v) is 16.3. The van der Waals surface area contributed by atoms with Crippen molar-refractivity contribution in [3.8, 4) is 11.1 Å². The molecule has 5 rings (SSSR count). The second-order valence-corrected chi connectivity index (χ2v) is 7.76. The molecule has 1 heterocycles. The van der Waals surface area contributed by atoms with E-state index in [1.807, 2.05) is 42.5 Å². The van der Waals surface area contributed by atoms with Crippen LogP contribution in [0.25, 0.3) is 22.0 Å². The van der Waals surface area contributed by atoms with E-state index in [4.69, 9.17) is 0 Å². The van der Waals surface area contributed by atoms with Gasteiger partial charge in [-0.05, 0) is 48.2 Å². The molecule has 1 fully saturated rings. The summed E-state index contributed by atoms with van der Waals surface area (Å²) in [6.45, 7) is 0.674. The summed E-state index contributed by atoms with van der Waals surface area (Å²) in [7, 11) is 0. The first-order chi connectivity index (χ1) is 14.6. The van der Waals surface area contributed by atoms with E-state index in [1.165, 1.54) is 17.7 Å². The van der Waals surface area contributed by atoms with Crippen LogP contribution in [0.5, 0.6) is 0 Å². The average Bonchev–Trinajstić information content (AvgIpc) is 3.61. The highest BCUT2D eigenvalue weighted by molar-refractivity contribution is 5.86. The topological polar surface area (TPSA) is 65.1 Å². The standard InChI is InChI=1S/C25H20N2O3/c28-25-21-8-4-5-9-22(21)26(16-17-6-2-1-3-7-17)24(19-10-11-19)23(25)18-12-14-20(15-13-18)27(29)30/h1-9,12-15,19H,10-11,16H2. The predicted octanol–water partition coefficient (Wildman–Crippen LogP) is 5.50. The van der Waals surface area contributed by atoms with Crippen molar-refractivity contribution in [2.45, 2.75) is 25.3 Å². The van der Waals surface area contributed by atoms with Gasteiger partial charge in [-0.1, -0.05) is 42.5 Å². The van der Waals surface area contributed by atoms with Gasteiger partial charge in [0, 0.05) is 41.2 Å². The van der Waals surface area contributed by atoms with Crippen LogP contribution in [0.4, 0.5) is 5.69 Å². The summed E-state index contributed by atoms with van der Waals surface area (Å²) in [5.74, 6) is 0.330. The maximum atomic E-state index is 13.6. The third-order valence-electron chi connectivity index (χ3n) is 5.73. The summed E-state index contributed by atoms with van der Waals surface area (Å²) in [6, 6.07) is 24.3. The van der Waals surface area contributed by atoms with Crippen LogP contribution in [0.3, 0.4) is 0 Å². The lowest BCUT2D eigenvalue weighted by Gasteiger charge is -2.21. The van der Waals surface area contributed by atoms with E-state index in [0.717, 1.165) is 29.6 Å². The fraction of sp³-hybridized carbons (Fsp3) is 0.160. The molecule has 5 heteroatoms. The molecule has 0 radical (unpaired) electrons. The Kier molecular flexibility index (Phi) is 4.43. The summed E-state index contributed by atoms with van der Waals surface area (Å²) >= 11 is 0. The van der Waals surface area contributed by atoms with Gasteiger partial charge < -0.3 is 4.57 Å². The largest absolute Gasteiger partial charge is 0.339 e. The zero-order chi connectivity index (χ0) is 20.7. The average molecular weight is 396 g/mol. The molecule has 1 saturated carbocycles. The van der Waals surface area contributed by atoms with E-state index < -0.39 is 4.92 Å². The Morgan fingerprint density at radius 3 is 2.23 bits per heavy atom. The molecule has 0 saturated heterocycles. The second-order valence-electron chi connectivity index (χ2n) is 7.76. The van der Waals surface area contributed by atoms with Crippen molar-refractivity contribution in [2.24, 2.45) is 0 Å². The van der Waals surface area contributed by atoms with Crippen molar-refractivity contribution in [3.63, 3.8) is 0 Å². The van der Waals surface area contributed by atoms with E-state index in [-0.39, 0.29) is 11.1 Å². The number of hydrogen-bond donors (Lipinski definition) is 0. The summed E-state index contributed by atoms with van der Waals surface area (Å²) < 4.78 is 2.26. The van der Waals surface area contributed by atoms with Crippen molar-refractivity contribution in [3.05, 3.63) is 110 Å². The van der Waals surface area contributed by atoms with Crippen LogP contribution < -0.4 is 5.43 Å². The molecular weight excluding hydrogens is 376 g/mol. The summed E-state index contributed by atoms with van der Waals surface area (Å²) in [6.07, 6.45) is 2.10. The Hall–Kier alpha value is -3.73. The molecule has 1 aromatic heterocycles. The van der Waals surface area contributed by atoms with Crippen molar-refractivity contribution in [2.75, 3.05) is 0 Å². The molecule has 0 unspecified atom stereocenters. The van der Waals surface area contributed by atoms with Gasteiger partial charge >= 0.3 is 0 Å². The lowest BCUT2D eigenvalue weighted by molar-refractivity contribution is -0.384. The molecule has 0 N–H and O–H groups in total. The molecule has 1 aliphatic rings. The number of nitro groups is 1. The first-order valence-corrected chi connectivity index (χ1v) is 10.1. The Morgan fingerprint density at radius 2 is 1.57 bits per heavy atom. The first kappa shape index (κ1) is 18.3. The van der Waals surface area contributed by atoms with E-state index in [1.54, 1.807) is 12.1 Å². The molecule has 0 bridgehead atoms. The number of pyridine rings is 1. The number of para-hydroxylation sites is 1. The van der Waals surface area contributed by atoms with Gasteiger partial charge in [0.25, 0.3) is 5.69 Å². The lowest BCUT2D eigenvalue weighted by Crippen LogP contribution is -2.18. The van der Waals surface area contributed by atoms with Gasteiger partial charge in [-0.3, -0.25) is 14.9 Å². The number of aromatic nitrogens is 1. The van der Waals surface area contributed by atoms with Crippen LogP contribution >= 0.6 is 0 Å². The van der Waals surface area contributed by atoms with Crippen LogP contribution in [0.15, 0.2) is 83.7 Å². The molecular formula is C25H20N2O3. The van der Waals surface area contributed by atoms with Gasteiger partial charge in [0.05, 0.1) is 10.4 Å². The molecule has 0 spiro atoms. The number of fused-ring (bicyclic) bond motifs is 1. The molecule has 1 aliphatic carbocycles. The van der Waals surface area contributed by atoms with Crippen molar-refractivity contribution >= 4 is 16.6 Å². The monoisotopic (exact) mass is 396 g/mol. The van der Waals surface area contributed by atoms with Crippen LogP contribution in [0, 0.1) is 10.1 Å². The lowest BCUT2D eigenvalue weighted by atomic mass is 9.97. The van der Waals surface area contributed by atoms with Gasteiger partial charge in [-0.25, -0.2) is 0 Å². The van der Waals surface area contributed by atoms with Gasteiger partial charge in [-0.15, -0.1) is 0 Å². The fourth-order valence-electron chi connectivity index (χ4n) is 4.16. The van der Waals surface area contributed by atoms with Gasteiger partial charge in [0.2, 0.25) is 0 Å². The van der Waals surface area contributed by atoms with E-state index in [0.29, 0.717) is 23.4 Å². The third kappa shape index (κ3) is 3.18. The number of rotatable bonds is 5. The number of benzene rings is 3. The maximum Gasteiger partial charge on any atom is 0.269 e. The molecule has 3 aromatic carbocycles. The summed E-state index contributed by atoms with van der Waals surface area (Å²) in [4.78, 5) is 24.2. The smallest absolute Gasteiger partial charge is 0.269 e. The maximum absolute atomic E-state index is 13.6. The number of hydrogen-bond acceptors (Lipinski definition) is 3. The second kappa shape index (κ2) is 7.26. The minimum absolute atomic E-state index is 0.00864. The molecule has 148 valence electrons. The van der Waals surface area contributed by atoms with E-state index >= 15 is 0 Å². The normalized spacial score (nSPS) is 13.5. The predicted molar refractivity (Wildman–Crippen MR) is 118 cm³/mol. The molecule has 0 atom stereocenters. The SMILES string of the molecule is O=c1c(-c2ccc([N+](=O)[O-])cc2)c(C2CC2)n(Cc2ccccc2)c2ccccc12. The van der Waals surface area contributed by atoms with Gasteiger partial charge in [-0.2, -0.15) is 0 Å². The minimum atomic E-state index is -0.417. The highest BCUT2D eigenvalue weighted by Crippen LogP contribution is 2.44. The molecule has 5 nitrogen and oxygen atoms in total. The minimum Gasteiger partial charge on any atom is -0.339 e. The zero-order valence-electron chi connectivity index (χ0n) is 16.3. The van der Waals surface area contributed by atoms with Crippen molar-refractivity contribution in [1.29, 1.82) is 0 Å². The molecule has 30 heavy (non-hydrogen) atoms. The van der Waals surface area contributed by atoms with Crippen LogP contribution in [0.2, 0.25) is 0 Å². The quantitative estimate of drug-likeness (QED) is 0.330. The van der Waals surface area contributed by atoms with Crippen molar-refractivity contribution < 1.29 is 4.92 Å². The van der Waals surface area contributed by atoms with Crippen LogP contribution in [-0.4, -0.2) is 9.49 Å². The molecule has 4 aromatic rings. The first-order valence-electron chi connectivity index (χ1n) is 10.1. The molecule has 0 amide bonds. The highest BCUT2D eigenvalue weighted by atomic mass is 16.6. The van der Waals surface area contributed by atoms with E-state index in [9.17, 15) is 14.9 Å².